The van der Waals surface area contributed by atoms with E-state index in [0.29, 0.717) is 5.69 Å². The summed E-state index contributed by atoms with van der Waals surface area (Å²) in [6.07, 6.45) is 1.43. The summed E-state index contributed by atoms with van der Waals surface area (Å²) >= 11 is 1.19. The third kappa shape index (κ3) is 3.12. The SMILES string of the molecule is O=C([O-])CN1C(=O)C(=Cc2ccccc2F)Sc2ccccc21. The first kappa shape index (κ1) is 15.3. The van der Waals surface area contributed by atoms with Crippen LogP contribution in [-0.2, 0) is 9.59 Å². The molecule has 1 aliphatic heterocycles. The maximum atomic E-state index is 13.8. The molecule has 116 valence electrons. The highest BCUT2D eigenvalue weighted by molar-refractivity contribution is 8.04. The van der Waals surface area contributed by atoms with Crippen molar-refractivity contribution in [2.45, 2.75) is 4.90 Å². The van der Waals surface area contributed by atoms with Crippen molar-refractivity contribution in [1.29, 1.82) is 0 Å². The number of para-hydroxylation sites is 1. The van der Waals surface area contributed by atoms with E-state index in [2.05, 4.69) is 0 Å². The van der Waals surface area contributed by atoms with E-state index in [1.54, 1.807) is 42.5 Å². The summed E-state index contributed by atoms with van der Waals surface area (Å²) in [6, 6.07) is 13.1. The Kier molecular flexibility index (Phi) is 4.16. The first-order chi connectivity index (χ1) is 11.1. The highest BCUT2D eigenvalue weighted by Gasteiger charge is 2.29. The Morgan fingerprint density at radius 1 is 1.17 bits per heavy atom. The molecule has 2 aromatic carbocycles. The van der Waals surface area contributed by atoms with E-state index in [-0.39, 0.29) is 10.5 Å². The van der Waals surface area contributed by atoms with Gasteiger partial charge in [-0.15, -0.1) is 0 Å². The van der Waals surface area contributed by atoms with Gasteiger partial charge in [0, 0.05) is 10.5 Å². The zero-order valence-electron chi connectivity index (χ0n) is 11.9. The topological polar surface area (TPSA) is 60.4 Å². The van der Waals surface area contributed by atoms with Crippen LogP contribution in [0.4, 0.5) is 10.1 Å². The number of carboxylic acid groups (broad SMARTS) is 1. The number of hydrogen-bond acceptors (Lipinski definition) is 4. The molecule has 3 rings (SSSR count). The fraction of sp³-hybridized carbons (Fsp3) is 0.0588. The summed E-state index contributed by atoms with van der Waals surface area (Å²) in [6.45, 7) is -0.551. The van der Waals surface area contributed by atoms with Gasteiger partial charge in [-0.3, -0.25) is 4.79 Å². The number of carbonyl (C=O) groups is 2. The third-order valence-electron chi connectivity index (χ3n) is 3.31. The molecule has 0 bridgehead atoms. The minimum atomic E-state index is -1.36. The van der Waals surface area contributed by atoms with Crippen LogP contribution in [0.3, 0.4) is 0 Å². The second-order valence-corrected chi connectivity index (χ2v) is 5.95. The zero-order chi connectivity index (χ0) is 16.4. The van der Waals surface area contributed by atoms with Crippen LogP contribution in [-0.4, -0.2) is 18.4 Å². The molecule has 1 amide bonds. The molecule has 4 nitrogen and oxygen atoms in total. The van der Waals surface area contributed by atoms with E-state index in [9.17, 15) is 19.1 Å². The lowest BCUT2D eigenvalue weighted by Gasteiger charge is -2.30. The lowest BCUT2D eigenvalue weighted by atomic mass is 10.2. The zero-order valence-corrected chi connectivity index (χ0v) is 12.7. The summed E-state index contributed by atoms with van der Waals surface area (Å²) in [5.74, 6) is -2.29. The van der Waals surface area contributed by atoms with Crippen LogP contribution in [0.1, 0.15) is 5.56 Å². The Morgan fingerprint density at radius 3 is 2.61 bits per heavy atom. The molecule has 0 saturated heterocycles. The van der Waals surface area contributed by atoms with Crippen LogP contribution in [0, 0.1) is 5.82 Å². The van der Waals surface area contributed by atoms with Crippen LogP contribution in [0.5, 0.6) is 0 Å². The predicted octanol–water partition coefficient (Wildman–Crippen LogP) is 2.06. The summed E-state index contributed by atoms with van der Waals surface area (Å²) in [7, 11) is 0. The minimum Gasteiger partial charge on any atom is -0.548 e. The third-order valence-corrected chi connectivity index (χ3v) is 4.39. The Bertz CT molecular complexity index is 819. The summed E-state index contributed by atoms with van der Waals surface area (Å²) < 4.78 is 13.8. The molecule has 6 heteroatoms. The lowest BCUT2D eigenvalue weighted by molar-refractivity contribution is -0.303. The Morgan fingerprint density at radius 2 is 1.87 bits per heavy atom. The van der Waals surface area contributed by atoms with E-state index in [1.165, 1.54) is 23.9 Å². The number of carbonyl (C=O) groups excluding carboxylic acids is 2. The Balaban J connectivity index is 2.06. The van der Waals surface area contributed by atoms with Crippen molar-refractivity contribution in [3.05, 3.63) is 64.8 Å². The lowest BCUT2D eigenvalue weighted by Crippen LogP contribution is -2.43. The molecule has 0 aromatic heterocycles. The number of benzene rings is 2. The number of carboxylic acids is 1. The normalized spacial score (nSPS) is 15.6. The fourth-order valence-electron chi connectivity index (χ4n) is 2.28. The number of fused-ring (bicyclic) bond motifs is 1. The van der Waals surface area contributed by atoms with Crippen LogP contribution in [0.15, 0.2) is 58.3 Å². The molecule has 0 fully saturated rings. The van der Waals surface area contributed by atoms with Crippen LogP contribution >= 0.6 is 11.8 Å². The van der Waals surface area contributed by atoms with E-state index in [0.717, 1.165) is 9.80 Å². The molecule has 0 atom stereocenters. The molecule has 1 aliphatic rings. The standard InChI is InChI=1S/C17H12FNO3S/c18-12-6-2-1-5-11(12)9-15-17(22)19(10-16(20)21)13-7-3-4-8-14(13)23-15/h1-9H,10H2,(H,20,21)/p-1. The molecule has 0 saturated carbocycles. The highest BCUT2D eigenvalue weighted by Crippen LogP contribution is 2.41. The predicted molar refractivity (Wildman–Crippen MR) is 84.0 cm³/mol. The number of rotatable bonds is 3. The number of nitrogens with zero attached hydrogens (tertiary/aromatic N) is 1. The van der Waals surface area contributed by atoms with E-state index < -0.39 is 24.2 Å². The maximum Gasteiger partial charge on any atom is 0.265 e. The van der Waals surface area contributed by atoms with E-state index in [4.69, 9.17) is 0 Å². The van der Waals surface area contributed by atoms with Gasteiger partial charge in [-0.2, -0.15) is 0 Å². The van der Waals surface area contributed by atoms with Crippen molar-refractivity contribution in [3.63, 3.8) is 0 Å². The van der Waals surface area contributed by atoms with Gasteiger partial charge in [0.15, 0.2) is 0 Å². The van der Waals surface area contributed by atoms with Gasteiger partial charge in [0.1, 0.15) is 5.82 Å². The summed E-state index contributed by atoms with van der Waals surface area (Å²) in [5.41, 5.74) is 0.786. The van der Waals surface area contributed by atoms with Crippen LogP contribution < -0.4 is 10.0 Å². The molecule has 2 aromatic rings. The van der Waals surface area contributed by atoms with Crippen molar-refractivity contribution in [3.8, 4) is 0 Å². The smallest absolute Gasteiger partial charge is 0.265 e. The molecule has 0 radical (unpaired) electrons. The average Bonchev–Trinajstić information content (AvgIpc) is 2.53. The van der Waals surface area contributed by atoms with Gasteiger partial charge in [0.05, 0.1) is 23.1 Å². The molecule has 1 heterocycles. The monoisotopic (exact) mass is 328 g/mol. The number of amides is 1. The van der Waals surface area contributed by atoms with E-state index in [1.807, 2.05) is 0 Å². The number of anilines is 1. The van der Waals surface area contributed by atoms with Gasteiger partial charge in [0.25, 0.3) is 5.91 Å². The number of halogens is 1. The molecule has 0 N–H and O–H groups in total. The molecule has 0 aliphatic carbocycles. The van der Waals surface area contributed by atoms with Gasteiger partial charge in [-0.1, -0.05) is 42.1 Å². The van der Waals surface area contributed by atoms with Gasteiger partial charge in [-0.25, -0.2) is 4.39 Å². The largest absolute Gasteiger partial charge is 0.548 e. The van der Waals surface area contributed by atoms with Crippen LogP contribution in [0.25, 0.3) is 6.08 Å². The summed E-state index contributed by atoms with van der Waals surface area (Å²) in [4.78, 5) is 25.6. The first-order valence-corrected chi connectivity index (χ1v) is 7.63. The second kappa shape index (κ2) is 6.26. The number of thioether (sulfide) groups is 1. The average molecular weight is 328 g/mol. The van der Waals surface area contributed by atoms with Crippen molar-refractivity contribution in [1.82, 2.24) is 0 Å². The molecule has 23 heavy (non-hydrogen) atoms. The number of aliphatic carboxylic acids is 1. The first-order valence-electron chi connectivity index (χ1n) is 6.81. The van der Waals surface area contributed by atoms with Crippen LogP contribution in [0.2, 0.25) is 0 Å². The van der Waals surface area contributed by atoms with Gasteiger partial charge in [0.2, 0.25) is 0 Å². The Labute approximate surface area is 136 Å². The second-order valence-electron chi connectivity index (χ2n) is 4.86. The van der Waals surface area contributed by atoms with Crippen molar-refractivity contribution >= 4 is 35.4 Å². The Hall–Kier alpha value is -2.60. The maximum absolute atomic E-state index is 13.8. The van der Waals surface area contributed by atoms with Crippen molar-refractivity contribution in [2.75, 3.05) is 11.4 Å². The minimum absolute atomic E-state index is 0.259. The number of hydrogen-bond donors (Lipinski definition) is 0. The summed E-state index contributed by atoms with van der Waals surface area (Å²) in [5, 5.41) is 11.0. The molecule has 0 unspecified atom stereocenters. The molecular weight excluding hydrogens is 317 g/mol. The van der Waals surface area contributed by atoms with E-state index >= 15 is 0 Å². The fourth-order valence-corrected chi connectivity index (χ4v) is 3.33. The van der Waals surface area contributed by atoms with Crippen molar-refractivity contribution in [2.24, 2.45) is 0 Å². The van der Waals surface area contributed by atoms with Gasteiger partial charge >= 0.3 is 0 Å². The van der Waals surface area contributed by atoms with Gasteiger partial charge in [-0.05, 0) is 24.3 Å². The van der Waals surface area contributed by atoms with Gasteiger partial charge < -0.3 is 14.8 Å². The van der Waals surface area contributed by atoms with Crippen molar-refractivity contribution < 1.29 is 19.1 Å². The highest BCUT2D eigenvalue weighted by atomic mass is 32.2. The molecular formula is C17H11FNO3S-. The quantitative estimate of drug-likeness (QED) is 0.809. The molecule has 0 spiro atoms.